The molecule has 0 radical (unpaired) electrons. The summed E-state index contributed by atoms with van der Waals surface area (Å²) in [5.41, 5.74) is 5.71. The molecule has 0 fully saturated rings. The van der Waals surface area contributed by atoms with Crippen LogP contribution in [0, 0.1) is 5.82 Å². The Balaban J connectivity index is 2.14. The first-order valence-electron chi connectivity index (χ1n) is 6.01. The molecule has 0 bridgehead atoms. The van der Waals surface area contributed by atoms with Gasteiger partial charge in [0.1, 0.15) is 10.7 Å². The van der Waals surface area contributed by atoms with E-state index in [-0.39, 0.29) is 16.7 Å². The van der Waals surface area contributed by atoms with Gasteiger partial charge in [0.05, 0.1) is 4.47 Å². The fourth-order valence-corrected chi connectivity index (χ4v) is 3.56. The van der Waals surface area contributed by atoms with Gasteiger partial charge in [-0.25, -0.2) is 22.5 Å². The van der Waals surface area contributed by atoms with Gasteiger partial charge in [0.2, 0.25) is 10.0 Å². The second-order valence-electron chi connectivity index (χ2n) is 4.42. The number of halogens is 2. The summed E-state index contributed by atoms with van der Waals surface area (Å²) in [4.78, 5) is 3.60. The van der Waals surface area contributed by atoms with E-state index in [2.05, 4.69) is 25.6 Å². The van der Waals surface area contributed by atoms with E-state index >= 15 is 0 Å². The lowest BCUT2D eigenvalue weighted by molar-refractivity contribution is 0.553. The summed E-state index contributed by atoms with van der Waals surface area (Å²) in [5.74, 6) is -0.138. The minimum atomic E-state index is -3.97. The lowest BCUT2D eigenvalue weighted by Crippen LogP contribution is -2.27. The molecule has 0 aliphatic rings. The molecule has 0 unspecified atom stereocenters. The van der Waals surface area contributed by atoms with Crippen molar-refractivity contribution in [3.05, 3.63) is 40.6 Å². The molecule has 0 saturated heterocycles. The van der Waals surface area contributed by atoms with Crippen LogP contribution in [-0.4, -0.2) is 24.5 Å². The van der Waals surface area contributed by atoms with Crippen molar-refractivity contribution >= 4 is 31.6 Å². The Bertz CT molecular complexity index is 761. The molecule has 1 aromatic carbocycles. The maximum absolute atomic E-state index is 13.9. The van der Waals surface area contributed by atoms with Crippen molar-refractivity contribution < 1.29 is 12.8 Å². The highest BCUT2D eigenvalue weighted by molar-refractivity contribution is 9.10. The van der Waals surface area contributed by atoms with Crippen LogP contribution < -0.4 is 10.5 Å². The van der Waals surface area contributed by atoms with Gasteiger partial charge in [-0.15, -0.1) is 0 Å². The zero-order chi connectivity index (χ0) is 15.6. The third-order valence-electron chi connectivity index (χ3n) is 2.87. The molecule has 0 aliphatic carbocycles. The molecular formula is C12H14BrFN4O2S. The van der Waals surface area contributed by atoms with E-state index in [1.807, 2.05) is 7.05 Å². The molecule has 0 amide bonds. The first kappa shape index (κ1) is 15.9. The number of hydrogen-bond acceptors (Lipinski definition) is 4. The minimum Gasteiger partial charge on any atom is -0.399 e. The van der Waals surface area contributed by atoms with E-state index in [1.54, 1.807) is 17.0 Å². The number of anilines is 1. The Morgan fingerprint density at radius 1 is 1.48 bits per heavy atom. The van der Waals surface area contributed by atoms with Gasteiger partial charge < -0.3 is 10.3 Å². The first-order valence-corrected chi connectivity index (χ1v) is 8.29. The summed E-state index contributed by atoms with van der Waals surface area (Å²) < 4.78 is 42.3. The number of nitrogen functional groups attached to an aromatic ring is 1. The Morgan fingerprint density at radius 2 is 2.19 bits per heavy atom. The summed E-state index contributed by atoms with van der Waals surface area (Å²) in [6.45, 7) is 0.110. The SMILES string of the molecule is Cn1ccnc1CCNS(=O)(=O)c1cc(N)cc(Br)c1F. The number of nitrogens with zero attached hydrogens (tertiary/aromatic N) is 2. The Hall–Kier alpha value is -1.45. The molecule has 1 aromatic heterocycles. The normalized spacial score (nSPS) is 11.8. The van der Waals surface area contributed by atoms with Gasteiger partial charge in [-0.2, -0.15) is 0 Å². The highest BCUT2D eigenvalue weighted by Gasteiger charge is 2.21. The highest BCUT2D eigenvalue weighted by atomic mass is 79.9. The van der Waals surface area contributed by atoms with Gasteiger partial charge in [-0.05, 0) is 28.1 Å². The zero-order valence-corrected chi connectivity index (χ0v) is 13.6. The summed E-state index contributed by atoms with van der Waals surface area (Å²) in [6.07, 6.45) is 3.78. The average Bonchev–Trinajstić information content (AvgIpc) is 2.79. The maximum atomic E-state index is 13.9. The number of aryl methyl sites for hydroxylation is 1. The summed E-state index contributed by atoms with van der Waals surface area (Å²) >= 11 is 2.94. The number of rotatable bonds is 5. The Kier molecular flexibility index (Phi) is 4.64. The van der Waals surface area contributed by atoms with E-state index < -0.39 is 20.7 Å². The van der Waals surface area contributed by atoms with Crippen LogP contribution in [0.5, 0.6) is 0 Å². The predicted molar refractivity (Wildman–Crippen MR) is 80.6 cm³/mol. The van der Waals surface area contributed by atoms with Gasteiger partial charge >= 0.3 is 0 Å². The lowest BCUT2D eigenvalue weighted by Gasteiger charge is -2.09. The van der Waals surface area contributed by atoms with E-state index in [0.29, 0.717) is 6.42 Å². The van der Waals surface area contributed by atoms with Gasteiger partial charge in [-0.3, -0.25) is 0 Å². The van der Waals surface area contributed by atoms with Crippen LogP contribution in [0.15, 0.2) is 33.9 Å². The van der Waals surface area contributed by atoms with Crippen molar-refractivity contribution in [1.82, 2.24) is 14.3 Å². The molecule has 114 valence electrons. The molecule has 9 heteroatoms. The van der Waals surface area contributed by atoms with Crippen molar-refractivity contribution in [3.8, 4) is 0 Å². The van der Waals surface area contributed by atoms with Crippen molar-refractivity contribution in [3.63, 3.8) is 0 Å². The molecule has 0 aliphatic heterocycles. The van der Waals surface area contributed by atoms with Gasteiger partial charge in [-0.1, -0.05) is 0 Å². The highest BCUT2D eigenvalue weighted by Crippen LogP contribution is 2.25. The van der Waals surface area contributed by atoms with Crippen LogP contribution >= 0.6 is 15.9 Å². The number of benzene rings is 1. The van der Waals surface area contributed by atoms with Crippen LogP contribution in [0.4, 0.5) is 10.1 Å². The second kappa shape index (κ2) is 6.12. The van der Waals surface area contributed by atoms with Crippen molar-refractivity contribution in [2.45, 2.75) is 11.3 Å². The van der Waals surface area contributed by atoms with Crippen LogP contribution in [0.1, 0.15) is 5.82 Å². The molecule has 6 nitrogen and oxygen atoms in total. The number of sulfonamides is 1. The monoisotopic (exact) mass is 376 g/mol. The maximum Gasteiger partial charge on any atom is 0.243 e. The number of nitrogens with one attached hydrogen (secondary N) is 1. The van der Waals surface area contributed by atoms with E-state index in [1.165, 1.54) is 6.07 Å². The van der Waals surface area contributed by atoms with Gasteiger partial charge in [0.15, 0.2) is 5.82 Å². The summed E-state index contributed by atoms with van der Waals surface area (Å²) in [5, 5.41) is 0. The minimum absolute atomic E-state index is 0.00646. The van der Waals surface area contributed by atoms with Crippen molar-refractivity contribution in [1.29, 1.82) is 0 Å². The second-order valence-corrected chi connectivity index (χ2v) is 7.01. The van der Waals surface area contributed by atoms with E-state index in [0.717, 1.165) is 11.9 Å². The quantitative estimate of drug-likeness (QED) is 0.772. The van der Waals surface area contributed by atoms with Gasteiger partial charge in [0, 0.05) is 38.1 Å². The number of hydrogen-bond donors (Lipinski definition) is 2. The first-order chi connectivity index (χ1) is 9.81. The molecule has 21 heavy (non-hydrogen) atoms. The number of imidazole rings is 1. The zero-order valence-electron chi connectivity index (χ0n) is 11.2. The Morgan fingerprint density at radius 3 is 2.81 bits per heavy atom. The number of nitrogens with two attached hydrogens (primary N) is 1. The standard InChI is InChI=1S/C12H14BrFN4O2S/c1-18-5-4-16-11(18)2-3-17-21(19,20)10-7-8(15)6-9(13)12(10)14/h4-7,17H,2-3,15H2,1H3. The molecular weight excluding hydrogens is 363 g/mol. The number of aromatic nitrogens is 2. The average molecular weight is 377 g/mol. The third-order valence-corrected chi connectivity index (χ3v) is 4.91. The topological polar surface area (TPSA) is 90.0 Å². The van der Waals surface area contributed by atoms with Crippen molar-refractivity contribution in [2.75, 3.05) is 12.3 Å². The molecule has 3 N–H and O–H groups in total. The van der Waals surface area contributed by atoms with E-state index in [9.17, 15) is 12.8 Å². The largest absolute Gasteiger partial charge is 0.399 e. The fourth-order valence-electron chi connectivity index (χ4n) is 1.79. The lowest BCUT2D eigenvalue weighted by atomic mass is 10.3. The van der Waals surface area contributed by atoms with Crippen LogP contribution in [-0.2, 0) is 23.5 Å². The molecule has 0 saturated carbocycles. The fraction of sp³-hybridized carbons (Fsp3) is 0.250. The van der Waals surface area contributed by atoms with E-state index in [4.69, 9.17) is 5.73 Å². The predicted octanol–water partition coefficient (Wildman–Crippen LogP) is 1.42. The summed E-state index contributed by atoms with van der Waals surface area (Å²) in [7, 11) is -2.16. The Labute approximate surface area is 130 Å². The molecule has 2 rings (SSSR count). The summed E-state index contributed by atoms with van der Waals surface area (Å²) in [6, 6.07) is 2.39. The van der Waals surface area contributed by atoms with Gasteiger partial charge in [0.25, 0.3) is 0 Å². The molecule has 0 atom stereocenters. The van der Waals surface area contributed by atoms with Crippen LogP contribution in [0.25, 0.3) is 0 Å². The third kappa shape index (κ3) is 3.60. The smallest absolute Gasteiger partial charge is 0.243 e. The van der Waals surface area contributed by atoms with Crippen molar-refractivity contribution in [2.24, 2.45) is 7.05 Å². The molecule has 0 spiro atoms. The van der Waals surface area contributed by atoms with Crippen LogP contribution in [0.2, 0.25) is 0 Å². The molecule has 2 aromatic rings. The molecule has 1 heterocycles. The van der Waals surface area contributed by atoms with Crippen LogP contribution in [0.3, 0.4) is 0 Å².